The first-order chi connectivity index (χ1) is 6.20. The highest BCUT2D eigenvalue weighted by Gasteiger charge is 2.03. The number of carbonyl (C=O) groups excluding carboxylic acids is 1. The van der Waals surface area contributed by atoms with E-state index in [0.717, 1.165) is 15.0 Å². The van der Waals surface area contributed by atoms with Crippen LogP contribution in [0.3, 0.4) is 0 Å². The summed E-state index contributed by atoms with van der Waals surface area (Å²) in [6.45, 7) is 4.32. The first-order valence-electron chi connectivity index (χ1n) is 4.15. The molecule has 0 bridgehead atoms. The van der Waals surface area contributed by atoms with Gasteiger partial charge < -0.3 is 4.74 Å². The fourth-order valence-corrected chi connectivity index (χ4v) is 2.82. The smallest absolute Gasteiger partial charge is 0.306 e. The Labute approximate surface area is 101 Å². The first-order valence-corrected chi connectivity index (χ1v) is 6.53. The van der Waals surface area contributed by atoms with Crippen LogP contribution in [0.15, 0.2) is 0 Å². The highest BCUT2D eigenvalue weighted by molar-refractivity contribution is 8.47. The van der Waals surface area contributed by atoms with Crippen LogP contribution in [0.25, 0.3) is 0 Å². The van der Waals surface area contributed by atoms with Crippen molar-refractivity contribution in [2.24, 2.45) is 0 Å². The van der Waals surface area contributed by atoms with E-state index in [1.54, 1.807) is 23.5 Å². The zero-order valence-corrected chi connectivity index (χ0v) is 10.3. The minimum Gasteiger partial charge on any atom is -0.466 e. The molecule has 0 atom stereocenters. The maximum absolute atomic E-state index is 10.9. The number of hydrogen-bond donors (Lipinski definition) is 0. The van der Waals surface area contributed by atoms with E-state index in [9.17, 15) is 4.79 Å². The maximum Gasteiger partial charge on any atom is 0.306 e. The van der Waals surface area contributed by atoms with E-state index in [4.69, 9.17) is 17.0 Å². The van der Waals surface area contributed by atoms with Gasteiger partial charge in [0.2, 0.25) is 0 Å². The largest absolute Gasteiger partial charge is 0.466 e. The summed E-state index contributed by atoms with van der Waals surface area (Å²) in [5.74, 6) is 1.58. The second-order valence-corrected chi connectivity index (χ2v) is 5.65. The van der Waals surface area contributed by atoms with Crippen LogP contribution in [0.2, 0.25) is 0 Å². The highest BCUT2D eigenvalue weighted by Crippen LogP contribution is 2.17. The number of thiocarbonyl (C=S) groups is 1. The number of rotatable bonds is 5. The molecule has 0 N–H and O–H groups in total. The predicted molar refractivity (Wildman–Crippen MR) is 71.2 cm³/mol. The van der Waals surface area contributed by atoms with Crippen molar-refractivity contribution in [3.63, 3.8) is 0 Å². The van der Waals surface area contributed by atoms with Crippen LogP contribution in [0.1, 0.15) is 27.7 Å². The average Bonchev–Trinajstić information content (AvgIpc) is 2.05. The summed E-state index contributed by atoms with van der Waals surface area (Å²) in [6, 6.07) is 0. The van der Waals surface area contributed by atoms with Crippen molar-refractivity contribution in [1.29, 1.82) is 0 Å². The predicted octanol–water partition coefficient (Wildman–Crippen LogP) is 3.35. The van der Waals surface area contributed by atoms with Gasteiger partial charge >= 0.3 is 5.97 Å². The molecule has 0 aromatic heterocycles. The molecule has 0 aromatic carbocycles. The van der Waals surface area contributed by atoms with Crippen LogP contribution >= 0.6 is 35.7 Å². The van der Waals surface area contributed by atoms with Gasteiger partial charge in [-0.05, 0) is 12.7 Å². The number of thioether (sulfide) groups is 2. The Morgan fingerprint density at radius 3 is 2.50 bits per heavy atom. The van der Waals surface area contributed by atoms with Crippen molar-refractivity contribution >= 4 is 45.2 Å². The zero-order valence-electron chi connectivity index (χ0n) is 7.87. The molecule has 0 radical (unpaired) electrons. The molecular formula is C9H18O2S3. The third-order valence-electron chi connectivity index (χ3n) is 1.09. The molecule has 0 amide bonds. The molecule has 2 nitrogen and oxygen atoms in total. The van der Waals surface area contributed by atoms with Crippen LogP contribution in [0.5, 0.6) is 0 Å². The van der Waals surface area contributed by atoms with Crippen molar-refractivity contribution in [2.75, 3.05) is 18.1 Å². The molecule has 0 aliphatic heterocycles. The lowest BCUT2D eigenvalue weighted by Gasteiger charge is -2.01. The van der Waals surface area contributed by atoms with Gasteiger partial charge in [-0.3, -0.25) is 4.79 Å². The van der Waals surface area contributed by atoms with Gasteiger partial charge in [0.25, 0.3) is 0 Å². The molecule has 0 aliphatic carbocycles. The first kappa shape index (κ1) is 16.7. The molecule has 0 aromatic rings. The van der Waals surface area contributed by atoms with Gasteiger partial charge in [-0.2, -0.15) is 0 Å². The topological polar surface area (TPSA) is 26.3 Å². The van der Waals surface area contributed by atoms with Crippen molar-refractivity contribution in [2.45, 2.75) is 27.7 Å². The van der Waals surface area contributed by atoms with Crippen LogP contribution < -0.4 is 0 Å². The van der Waals surface area contributed by atoms with E-state index in [0.29, 0.717) is 13.0 Å². The van der Waals surface area contributed by atoms with Gasteiger partial charge in [-0.15, -0.1) is 23.5 Å². The summed E-state index contributed by atoms with van der Waals surface area (Å²) in [7, 11) is 0. The molecule has 0 unspecified atom stereocenters. The Balaban J connectivity index is 0. The van der Waals surface area contributed by atoms with Crippen molar-refractivity contribution in [3.05, 3.63) is 0 Å². The molecule has 0 heterocycles. The van der Waals surface area contributed by atoms with Crippen LogP contribution in [0, 0.1) is 0 Å². The highest BCUT2D eigenvalue weighted by atomic mass is 32.2. The van der Waals surface area contributed by atoms with Gasteiger partial charge in [0.1, 0.15) is 3.53 Å². The molecule has 0 rings (SSSR count). The molecule has 0 saturated carbocycles. The van der Waals surface area contributed by atoms with Gasteiger partial charge in [-0.25, -0.2) is 0 Å². The second-order valence-electron chi connectivity index (χ2n) is 2.09. The van der Waals surface area contributed by atoms with Gasteiger partial charge in [-0.1, -0.05) is 26.6 Å². The number of hydrogen-bond acceptors (Lipinski definition) is 5. The molecule has 0 saturated heterocycles. The van der Waals surface area contributed by atoms with E-state index in [2.05, 4.69) is 6.92 Å². The summed E-state index contributed by atoms with van der Waals surface area (Å²) in [5, 5.41) is 0. The van der Waals surface area contributed by atoms with Crippen LogP contribution in [0.4, 0.5) is 0 Å². The quantitative estimate of drug-likeness (QED) is 0.554. The summed E-state index contributed by atoms with van der Waals surface area (Å²) >= 11 is 8.23. The summed E-state index contributed by atoms with van der Waals surface area (Å²) in [6.07, 6.45) is 0.447. The summed E-state index contributed by atoms with van der Waals surface area (Å²) < 4.78 is 5.69. The second kappa shape index (κ2) is 11.3. The van der Waals surface area contributed by atoms with Gasteiger partial charge in [0, 0.05) is 5.75 Å². The van der Waals surface area contributed by atoms with Crippen molar-refractivity contribution in [3.8, 4) is 0 Å². The number of carbonyl (C=O) groups is 1. The summed E-state index contributed by atoms with van der Waals surface area (Å²) in [5.41, 5.74) is 0. The Hall–Kier alpha value is 0.260. The van der Waals surface area contributed by atoms with Crippen molar-refractivity contribution in [1.82, 2.24) is 0 Å². The molecule has 0 aliphatic rings. The SMILES string of the molecule is C.CCOC(=O)CCSC(=S)SCC. The lowest BCUT2D eigenvalue weighted by molar-refractivity contribution is -0.142. The van der Waals surface area contributed by atoms with E-state index in [1.807, 2.05) is 6.92 Å². The molecule has 84 valence electrons. The fourth-order valence-electron chi connectivity index (χ4n) is 0.610. The van der Waals surface area contributed by atoms with Gasteiger partial charge in [0.15, 0.2) is 0 Å². The van der Waals surface area contributed by atoms with E-state index in [1.165, 1.54) is 0 Å². The molecule has 0 fully saturated rings. The third kappa shape index (κ3) is 10.3. The Bertz CT molecular complexity index is 153. The lowest BCUT2D eigenvalue weighted by atomic mass is 10.5. The minimum absolute atomic E-state index is 0. The standard InChI is InChI=1S/C8H14O2S3.CH4/c1-3-10-7(9)5-6-13-8(11)12-4-2;/h3-6H2,1-2H3;1H4. The minimum atomic E-state index is -0.140. The number of esters is 1. The molecule has 14 heavy (non-hydrogen) atoms. The average molecular weight is 254 g/mol. The zero-order chi connectivity index (χ0) is 10.1. The van der Waals surface area contributed by atoms with E-state index >= 15 is 0 Å². The fraction of sp³-hybridized carbons (Fsp3) is 0.778. The monoisotopic (exact) mass is 254 g/mol. The Morgan fingerprint density at radius 1 is 1.36 bits per heavy atom. The van der Waals surface area contributed by atoms with Crippen LogP contribution in [-0.2, 0) is 9.53 Å². The Kier molecular flexibility index (Phi) is 13.5. The number of ether oxygens (including phenoxy) is 1. The van der Waals surface area contributed by atoms with E-state index in [-0.39, 0.29) is 13.4 Å². The van der Waals surface area contributed by atoms with E-state index < -0.39 is 0 Å². The normalized spacial score (nSPS) is 9.00. The Morgan fingerprint density at radius 2 is 2.00 bits per heavy atom. The summed E-state index contributed by atoms with van der Waals surface area (Å²) in [4.78, 5) is 10.9. The lowest BCUT2D eigenvalue weighted by Crippen LogP contribution is -2.05. The maximum atomic E-state index is 10.9. The third-order valence-corrected chi connectivity index (χ3v) is 3.68. The molecule has 5 heteroatoms. The van der Waals surface area contributed by atoms with Crippen molar-refractivity contribution < 1.29 is 9.53 Å². The van der Waals surface area contributed by atoms with Gasteiger partial charge in [0.05, 0.1) is 13.0 Å². The molecule has 0 spiro atoms. The molecular weight excluding hydrogens is 236 g/mol. The van der Waals surface area contributed by atoms with Crippen LogP contribution in [-0.4, -0.2) is 27.6 Å².